The number of nitrogens with one attached hydrogen (secondary N) is 1. The van der Waals surface area contributed by atoms with E-state index in [2.05, 4.69) is 17.3 Å². The Labute approximate surface area is 92.8 Å². The fourth-order valence-corrected chi connectivity index (χ4v) is 3.17. The molecule has 2 heterocycles. The van der Waals surface area contributed by atoms with E-state index in [1.165, 1.54) is 32.1 Å². The lowest BCUT2D eigenvalue weighted by Gasteiger charge is -2.47. The number of aliphatic hydroxyl groups is 1. The van der Waals surface area contributed by atoms with E-state index < -0.39 is 0 Å². The van der Waals surface area contributed by atoms with E-state index in [0.717, 1.165) is 25.0 Å². The molecule has 0 aromatic heterocycles. The summed E-state index contributed by atoms with van der Waals surface area (Å²) in [5, 5.41) is 12.3. The first-order valence-corrected chi connectivity index (χ1v) is 6.37. The van der Waals surface area contributed by atoms with Crippen molar-refractivity contribution in [2.45, 2.75) is 56.7 Å². The van der Waals surface area contributed by atoms with Crippen molar-refractivity contribution in [2.24, 2.45) is 0 Å². The van der Waals surface area contributed by atoms with Crippen LogP contribution in [0.2, 0.25) is 0 Å². The van der Waals surface area contributed by atoms with Crippen molar-refractivity contribution in [3.8, 4) is 0 Å². The van der Waals surface area contributed by atoms with E-state index in [4.69, 9.17) is 5.11 Å². The van der Waals surface area contributed by atoms with Crippen LogP contribution in [0.3, 0.4) is 0 Å². The molecular formula is C12H24N2O. The Kier molecular flexibility index (Phi) is 4.00. The van der Waals surface area contributed by atoms with Crippen LogP contribution in [-0.2, 0) is 0 Å². The molecule has 0 aromatic rings. The van der Waals surface area contributed by atoms with E-state index in [1.807, 2.05) is 0 Å². The van der Waals surface area contributed by atoms with E-state index in [1.54, 1.807) is 0 Å². The van der Waals surface area contributed by atoms with Gasteiger partial charge in [0.25, 0.3) is 0 Å². The second kappa shape index (κ2) is 5.28. The molecule has 2 N–H and O–H groups in total. The summed E-state index contributed by atoms with van der Waals surface area (Å²) in [7, 11) is 2.29. The van der Waals surface area contributed by atoms with Gasteiger partial charge in [-0.2, -0.15) is 0 Å². The number of nitrogens with zero attached hydrogens (tertiary/aromatic N) is 1. The standard InChI is InChI=1S/C12H24N2O/c1-14-11-4-2-5-12(14)9-10(8-11)13-6-3-7-15/h10-13,15H,2-9H2,1H3. The average Bonchev–Trinajstić information content (AvgIpc) is 2.19. The fourth-order valence-electron chi connectivity index (χ4n) is 3.17. The third-order valence-corrected chi connectivity index (χ3v) is 4.11. The number of piperidine rings is 2. The van der Waals surface area contributed by atoms with Crippen LogP contribution in [-0.4, -0.2) is 48.3 Å². The maximum Gasteiger partial charge on any atom is 0.0443 e. The summed E-state index contributed by atoms with van der Waals surface area (Å²) >= 11 is 0. The summed E-state index contributed by atoms with van der Waals surface area (Å²) < 4.78 is 0. The summed E-state index contributed by atoms with van der Waals surface area (Å²) in [6.07, 6.45) is 7.68. The molecule has 2 aliphatic heterocycles. The van der Waals surface area contributed by atoms with Crippen LogP contribution >= 0.6 is 0 Å². The van der Waals surface area contributed by atoms with Gasteiger partial charge in [-0.1, -0.05) is 6.42 Å². The minimum atomic E-state index is 0.312. The third-order valence-electron chi connectivity index (χ3n) is 4.11. The summed E-state index contributed by atoms with van der Waals surface area (Å²) in [4.78, 5) is 2.59. The molecule has 2 fully saturated rings. The van der Waals surface area contributed by atoms with Crippen molar-refractivity contribution >= 4 is 0 Å². The van der Waals surface area contributed by atoms with Gasteiger partial charge in [0.2, 0.25) is 0 Å². The second-order valence-corrected chi connectivity index (χ2v) is 5.10. The van der Waals surface area contributed by atoms with Gasteiger partial charge in [-0.3, -0.25) is 0 Å². The predicted octanol–water partition coefficient (Wildman–Crippen LogP) is 0.974. The van der Waals surface area contributed by atoms with Crippen molar-refractivity contribution in [1.29, 1.82) is 0 Å². The van der Waals surface area contributed by atoms with Crippen molar-refractivity contribution < 1.29 is 5.11 Å². The Morgan fingerprint density at radius 2 is 1.93 bits per heavy atom. The quantitative estimate of drug-likeness (QED) is 0.682. The normalized spacial score (nSPS) is 36.8. The van der Waals surface area contributed by atoms with E-state index in [9.17, 15) is 0 Å². The maximum atomic E-state index is 8.75. The van der Waals surface area contributed by atoms with Gasteiger partial charge in [0.1, 0.15) is 0 Å². The molecule has 3 nitrogen and oxygen atoms in total. The molecule has 88 valence electrons. The van der Waals surface area contributed by atoms with Gasteiger partial charge < -0.3 is 15.3 Å². The van der Waals surface area contributed by atoms with Gasteiger partial charge >= 0.3 is 0 Å². The van der Waals surface area contributed by atoms with E-state index in [0.29, 0.717) is 12.6 Å². The van der Waals surface area contributed by atoms with Gasteiger partial charge in [-0.05, 0) is 45.7 Å². The number of hydrogen-bond donors (Lipinski definition) is 2. The molecule has 2 bridgehead atoms. The van der Waals surface area contributed by atoms with Crippen molar-refractivity contribution in [3.05, 3.63) is 0 Å². The first-order valence-electron chi connectivity index (χ1n) is 6.37. The summed E-state index contributed by atoms with van der Waals surface area (Å²) in [5.74, 6) is 0. The zero-order chi connectivity index (χ0) is 10.7. The predicted molar refractivity (Wildman–Crippen MR) is 61.9 cm³/mol. The SMILES string of the molecule is CN1C2CCCC1CC(NCCCO)C2. The van der Waals surface area contributed by atoms with Crippen molar-refractivity contribution in [1.82, 2.24) is 10.2 Å². The largest absolute Gasteiger partial charge is 0.396 e. The lowest BCUT2D eigenvalue weighted by atomic mass is 9.82. The van der Waals surface area contributed by atoms with Gasteiger partial charge in [-0.15, -0.1) is 0 Å². The van der Waals surface area contributed by atoms with Gasteiger partial charge in [0, 0.05) is 24.7 Å². The summed E-state index contributed by atoms with van der Waals surface area (Å²) in [5.41, 5.74) is 0. The monoisotopic (exact) mass is 212 g/mol. The molecule has 2 atom stereocenters. The smallest absolute Gasteiger partial charge is 0.0443 e. The Morgan fingerprint density at radius 1 is 1.27 bits per heavy atom. The summed E-state index contributed by atoms with van der Waals surface area (Å²) in [6, 6.07) is 2.32. The Bertz CT molecular complexity index is 184. The average molecular weight is 212 g/mol. The fraction of sp³-hybridized carbons (Fsp3) is 1.00. The van der Waals surface area contributed by atoms with Crippen LogP contribution in [0.1, 0.15) is 38.5 Å². The first-order chi connectivity index (χ1) is 7.31. The molecule has 15 heavy (non-hydrogen) atoms. The first kappa shape index (κ1) is 11.4. The molecule has 2 unspecified atom stereocenters. The topological polar surface area (TPSA) is 35.5 Å². The number of rotatable bonds is 4. The molecule has 2 saturated heterocycles. The Hall–Kier alpha value is -0.120. The summed E-state index contributed by atoms with van der Waals surface area (Å²) in [6.45, 7) is 1.29. The lowest BCUT2D eigenvalue weighted by Crippen LogP contribution is -2.54. The second-order valence-electron chi connectivity index (χ2n) is 5.10. The minimum Gasteiger partial charge on any atom is -0.396 e. The molecule has 3 heteroatoms. The highest BCUT2D eigenvalue weighted by Gasteiger charge is 2.35. The molecular weight excluding hydrogens is 188 g/mol. The molecule has 0 saturated carbocycles. The molecule has 0 spiro atoms. The molecule has 0 radical (unpaired) electrons. The van der Waals surface area contributed by atoms with Gasteiger partial charge in [0.15, 0.2) is 0 Å². The van der Waals surface area contributed by atoms with Crippen LogP contribution in [0.4, 0.5) is 0 Å². The highest BCUT2D eigenvalue weighted by molar-refractivity contribution is 4.93. The van der Waals surface area contributed by atoms with Crippen LogP contribution in [0, 0.1) is 0 Å². The zero-order valence-electron chi connectivity index (χ0n) is 9.78. The zero-order valence-corrected chi connectivity index (χ0v) is 9.78. The number of hydrogen-bond acceptors (Lipinski definition) is 3. The molecule has 0 aliphatic carbocycles. The van der Waals surface area contributed by atoms with E-state index in [-0.39, 0.29) is 0 Å². The van der Waals surface area contributed by atoms with Crippen molar-refractivity contribution in [2.75, 3.05) is 20.2 Å². The Balaban J connectivity index is 1.79. The molecule has 2 rings (SSSR count). The van der Waals surface area contributed by atoms with E-state index >= 15 is 0 Å². The molecule has 0 aromatic carbocycles. The lowest BCUT2D eigenvalue weighted by molar-refractivity contribution is 0.0484. The van der Waals surface area contributed by atoms with Crippen LogP contribution < -0.4 is 5.32 Å². The Morgan fingerprint density at radius 3 is 2.53 bits per heavy atom. The molecule has 2 aliphatic rings. The number of fused-ring (bicyclic) bond motifs is 2. The highest BCUT2D eigenvalue weighted by atomic mass is 16.3. The number of aliphatic hydroxyl groups excluding tert-OH is 1. The molecule has 0 amide bonds. The van der Waals surface area contributed by atoms with Crippen LogP contribution in [0.15, 0.2) is 0 Å². The maximum absolute atomic E-state index is 8.75. The minimum absolute atomic E-state index is 0.312. The van der Waals surface area contributed by atoms with Gasteiger partial charge in [0.05, 0.1) is 0 Å². The van der Waals surface area contributed by atoms with Crippen LogP contribution in [0.5, 0.6) is 0 Å². The van der Waals surface area contributed by atoms with Gasteiger partial charge in [-0.25, -0.2) is 0 Å². The van der Waals surface area contributed by atoms with Crippen molar-refractivity contribution in [3.63, 3.8) is 0 Å². The third kappa shape index (κ3) is 2.71. The van der Waals surface area contributed by atoms with Crippen LogP contribution in [0.25, 0.3) is 0 Å². The highest BCUT2D eigenvalue weighted by Crippen LogP contribution is 2.32.